The molecule has 0 amide bonds. The number of carbonyl (C=O) groups is 2. The highest BCUT2D eigenvalue weighted by Gasteiger charge is 2.47. The Labute approximate surface area is 186 Å². The lowest BCUT2D eigenvalue weighted by atomic mass is 9.78. The maximum Gasteiger partial charge on any atom is 0.321 e. The molecule has 0 saturated heterocycles. The average Bonchev–Trinajstić information content (AvgIpc) is 3.08. The number of aromatic nitrogens is 2. The molecule has 0 aliphatic heterocycles. The molecule has 0 aliphatic rings. The quantitative estimate of drug-likeness (QED) is 0.241. The molecule has 1 heterocycles. The van der Waals surface area contributed by atoms with Crippen molar-refractivity contribution in [3.05, 3.63) is 46.7 Å². The van der Waals surface area contributed by atoms with Gasteiger partial charge in [-0.1, -0.05) is 74.7 Å². The topological polar surface area (TPSA) is 92.4 Å². The molecule has 0 radical (unpaired) electrons. The molecule has 2 aromatic rings. The fraction of sp³-hybridized carbons (Fsp3) is 0.500. The minimum atomic E-state index is -1.87. The number of rotatable bonds is 13. The van der Waals surface area contributed by atoms with Crippen LogP contribution < -0.4 is 0 Å². The molecule has 2 rings (SSSR count). The Bertz CT molecular complexity index is 855. The summed E-state index contributed by atoms with van der Waals surface area (Å²) in [6.07, 6.45) is 4.76. The number of aliphatic carboxylic acids is 2. The lowest BCUT2D eigenvalue weighted by molar-refractivity contribution is -0.165. The van der Waals surface area contributed by atoms with Gasteiger partial charge in [0.25, 0.3) is 0 Å². The van der Waals surface area contributed by atoms with E-state index in [1.54, 1.807) is 24.0 Å². The van der Waals surface area contributed by atoms with Gasteiger partial charge in [0.05, 0.1) is 6.54 Å². The van der Waals surface area contributed by atoms with E-state index in [2.05, 4.69) is 11.9 Å². The Balaban J connectivity index is 2.44. The van der Waals surface area contributed by atoms with E-state index in [0.717, 1.165) is 35.7 Å². The first-order valence-corrected chi connectivity index (χ1v) is 11.6. The van der Waals surface area contributed by atoms with Crippen molar-refractivity contribution in [2.24, 2.45) is 5.41 Å². The number of unbranched alkanes of at least 4 members (excludes halogenated alkanes) is 2. The summed E-state index contributed by atoms with van der Waals surface area (Å²) in [4.78, 5) is 28.7. The van der Waals surface area contributed by atoms with Crippen molar-refractivity contribution < 1.29 is 19.8 Å². The monoisotopic (exact) mass is 452 g/mol. The summed E-state index contributed by atoms with van der Waals surface area (Å²) >= 11 is 7.91. The minimum absolute atomic E-state index is 0.0835. The molecule has 8 heteroatoms. The van der Waals surface area contributed by atoms with Crippen LogP contribution in [0.4, 0.5) is 0 Å². The molecule has 2 N–H and O–H groups in total. The largest absolute Gasteiger partial charge is 0.480 e. The minimum Gasteiger partial charge on any atom is -0.480 e. The highest BCUT2D eigenvalue weighted by atomic mass is 35.5. The number of thioether (sulfide) groups is 1. The molecule has 0 bridgehead atoms. The van der Waals surface area contributed by atoms with E-state index in [0.29, 0.717) is 23.7 Å². The molecule has 1 aromatic heterocycles. The summed E-state index contributed by atoms with van der Waals surface area (Å²) in [5.41, 5.74) is -0.408. The number of benzene rings is 1. The summed E-state index contributed by atoms with van der Waals surface area (Å²) in [6, 6.07) is 7.44. The molecule has 6 nitrogen and oxygen atoms in total. The van der Waals surface area contributed by atoms with Gasteiger partial charge in [-0.3, -0.25) is 9.59 Å². The van der Waals surface area contributed by atoms with Crippen molar-refractivity contribution in [1.82, 2.24) is 9.55 Å². The van der Waals surface area contributed by atoms with Gasteiger partial charge in [-0.15, -0.1) is 0 Å². The van der Waals surface area contributed by atoms with Gasteiger partial charge in [0.1, 0.15) is 0 Å². The number of carboxylic acids is 2. The maximum absolute atomic E-state index is 12.1. The molecular weight excluding hydrogens is 424 g/mol. The smallest absolute Gasteiger partial charge is 0.321 e. The van der Waals surface area contributed by atoms with Crippen LogP contribution in [0.3, 0.4) is 0 Å². The number of nitrogens with zero attached hydrogens (tertiary/aromatic N) is 2. The standard InChI is InChI=1S/C22H29ClN2O4S/c1-3-5-8-11-22(19(26)27,20(28)29)13-17-14-24-21(30-12-4-2)25(17)15-16-9-6-7-10-18(16)23/h6-7,9-10,14H,3-5,8,11-13,15H2,1-2H3,(H,26,27)(H,28,29). The maximum atomic E-state index is 12.1. The summed E-state index contributed by atoms with van der Waals surface area (Å²) in [7, 11) is 0. The first-order valence-electron chi connectivity index (χ1n) is 10.2. The average molecular weight is 453 g/mol. The Hall–Kier alpha value is -1.99. The van der Waals surface area contributed by atoms with Gasteiger partial charge < -0.3 is 14.8 Å². The van der Waals surface area contributed by atoms with Crippen molar-refractivity contribution >= 4 is 35.3 Å². The van der Waals surface area contributed by atoms with Crippen molar-refractivity contribution in [1.29, 1.82) is 0 Å². The lowest BCUT2D eigenvalue weighted by Crippen LogP contribution is -2.42. The van der Waals surface area contributed by atoms with E-state index >= 15 is 0 Å². The van der Waals surface area contributed by atoms with Crippen molar-refractivity contribution in [2.75, 3.05) is 5.75 Å². The first kappa shape index (κ1) is 24.3. The van der Waals surface area contributed by atoms with Gasteiger partial charge in [-0.05, 0) is 24.5 Å². The number of halogens is 1. The van der Waals surface area contributed by atoms with Crippen LogP contribution in [0, 0.1) is 5.41 Å². The van der Waals surface area contributed by atoms with Crippen LogP contribution in [0.5, 0.6) is 0 Å². The Morgan fingerprint density at radius 3 is 2.43 bits per heavy atom. The second-order valence-corrected chi connectivity index (χ2v) is 8.85. The molecule has 0 aliphatic carbocycles. The van der Waals surface area contributed by atoms with Crippen LogP contribution in [0.1, 0.15) is 57.2 Å². The third-order valence-electron chi connectivity index (χ3n) is 5.13. The summed E-state index contributed by atoms with van der Waals surface area (Å²) in [6.45, 7) is 4.48. The number of carboxylic acid groups (broad SMARTS) is 2. The predicted molar refractivity (Wildman–Crippen MR) is 119 cm³/mol. The summed E-state index contributed by atoms with van der Waals surface area (Å²) < 4.78 is 1.90. The Morgan fingerprint density at radius 2 is 1.83 bits per heavy atom. The molecule has 0 unspecified atom stereocenters. The van der Waals surface area contributed by atoms with E-state index in [9.17, 15) is 19.8 Å². The van der Waals surface area contributed by atoms with Crippen molar-refractivity contribution in [3.63, 3.8) is 0 Å². The van der Waals surface area contributed by atoms with Crippen molar-refractivity contribution in [2.45, 2.75) is 64.1 Å². The van der Waals surface area contributed by atoms with Crippen LogP contribution >= 0.6 is 23.4 Å². The second kappa shape index (κ2) is 11.4. The summed E-state index contributed by atoms with van der Waals surface area (Å²) in [5.74, 6) is -1.75. The van der Waals surface area contributed by atoms with Crippen LogP contribution in [0.2, 0.25) is 5.02 Å². The predicted octanol–water partition coefficient (Wildman–Crippen LogP) is 5.37. The molecule has 1 aromatic carbocycles. The molecule has 164 valence electrons. The van der Waals surface area contributed by atoms with Crippen LogP contribution in [0.15, 0.2) is 35.6 Å². The fourth-order valence-electron chi connectivity index (χ4n) is 3.34. The number of imidazole rings is 1. The van der Waals surface area contributed by atoms with E-state index in [1.165, 1.54) is 0 Å². The van der Waals surface area contributed by atoms with Crippen LogP contribution in [-0.2, 0) is 22.6 Å². The highest BCUT2D eigenvalue weighted by molar-refractivity contribution is 7.99. The summed E-state index contributed by atoms with van der Waals surface area (Å²) in [5, 5.41) is 21.1. The Kier molecular flexibility index (Phi) is 9.24. The van der Waals surface area contributed by atoms with Gasteiger partial charge in [-0.2, -0.15) is 0 Å². The molecule has 0 saturated carbocycles. The zero-order chi connectivity index (χ0) is 22.1. The zero-order valence-corrected chi connectivity index (χ0v) is 19.0. The Morgan fingerprint density at radius 1 is 1.13 bits per heavy atom. The SMILES string of the molecule is CCCCCC(Cc1cnc(SCCC)n1Cc1ccccc1Cl)(C(=O)O)C(=O)O. The van der Waals surface area contributed by atoms with E-state index < -0.39 is 17.4 Å². The normalized spacial score (nSPS) is 11.6. The van der Waals surface area contributed by atoms with E-state index in [1.807, 2.05) is 29.7 Å². The van der Waals surface area contributed by atoms with Gasteiger partial charge >= 0.3 is 11.9 Å². The molecule has 30 heavy (non-hydrogen) atoms. The van der Waals surface area contributed by atoms with Crippen LogP contribution in [-0.4, -0.2) is 37.5 Å². The van der Waals surface area contributed by atoms with Gasteiger partial charge in [0, 0.05) is 29.1 Å². The van der Waals surface area contributed by atoms with E-state index in [-0.39, 0.29) is 12.8 Å². The molecule has 0 atom stereocenters. The fourth-order valence-corrected chi connectivity index (χ4v) is 4.39. The number of hydrogen-bond acceptors (Lipinski definition) is 4. The third kappa shape index (κ3) is 5.79. The highest BCUT2D eigenvalue weighted by Crippen LogP contribution is 2.33. The molecule has 0 spiro atoms. The van der Waals surface area contributed by atoms with Gasteiger partial charge in [0.15, 0.2) is 10.6 Å². The van der Waals surface area contributed by atoms with E-state index in [4.69, 9.17) is 11.6 Å². The molecular formula is C22H29ClN2O4S. The molecule has 0 fully saturated rings. The lowest BCUT2D eigenvalue weighted by Gasteiger charge is -2.25. The van der Waals surface area contributed by atoms with Gasteiger partial charge in [-0.25, -0.2) is 4.98 Å². The third-order valence-corrected chi connectivity index (χ3v) is 6.70. The van der Waals surface area contributed by atoms with Gasteiger partial charge in [0.2, 0.25) is 0 Å². The van der Waals surface area contributed by atoms with Crippen LogP contribution in [0.25, 0.3) is 0 Å². The number of hydrogen-bond donors (Lipinski definition) is 2. The van der Waals surface area contributed by atoms with Crippen molar-refractivity contribution in [3.8, 4) is 0 Å². The first-order chi connectivity index (χ1) is 14.4. The second-order valence-electron chi connectivity index (χ2n) is 7.38. The zero-order valence-electron chi connectivity index (χ0n) is 17.4.